The number of anilines is 1. The molecule has 6 nitrogen and oxygen atoms in total. The second kappa shape index (κ2) is 6.19. The fourth-order valence-corrected chi connectivity index (χ4v) is 3.16. The lowest BCUT2D eigenvalue weighted by atomic mass is 10.0. The van der Waals surface area contributed by atoms with E-state index in [-0.39, 0.29) is 28.6 Å². The maximum atomic E-state index is 14.6. The van der Waals surface area contributed by atoms with E-state index in [0.29, 0.717) is 19.2 Å². The van der Waals surface area contributed by atoms with Gasteiger partial charge in [-0.25, -0.2) is 14.4 Å². The highest BCUT2D eigenvalue weighted by Gasteiger charge is 2.59. The number of rotatable bonds is 2. The van der Waals surface area contributed by atoms with E-state index >= 15 is 0 Å². The van der Waals surface area contributed by atoms with Gasteiger partial charge in [-0.3, -0.25) is 0 Å². The molecule has 0 saturated carbocycles. The van der Waals surface area contributed by atoms with Gasteiger partial charge in [0.25, 0.3) is 0 Å². The third kappa shape index (κ3) is 2.82. The Labute approximate surface area is 154 Å². The van der Waals surface area contributed by atoms with E-state index in [2.05, 4.69) is 20.0 Å². The Bertz CT molecular complexity index is 1040. The molecule has 1 saturated heterocycles. The topological polar surface area (TPSA) is 49.6 Å². The van der Waals surface area contributed by atoms with Crippen LogP contribution in [0.2, 0.25) is 0 Å². The lowest BCUT2D eigenvalue weighted by Crippen LogP contribution is -2.45. The predicted molar refractivity (Wildman–Crippen MR) is 87.9 cm³/mol. The maximum Gasteiger partial charge on any atom is 0.458 e. The zero-order valence-corrected chi connectivity index (χ0v) is 14.5. The van der Waals surface area contributed by atoms with Gasteiger partial charge in [-0.15, -0.1) is 0 Å². The van der Waals surface area contributed by atoms with Gasteiger partial charge in [-0.2, -0.15) is 31.6 Å². The molecule has 0 N–H and O–H groups in total. The number of hydrogen-bond acceptors (Lipinski definition) is 5. The number of nitrogens with zero attached hydrogens (tertiary/aromatic N) is 6. The minimum absolute atomic E-state index is 0.0438. The van der Waals surface area contributed by atoms with Gasteiger partial charge in [-0.05, 0) is 19.2 Å². The molecular weight excluding hydrogens is 390 g/mol. The summed E-state index contributed by atoms with van der Waals surface area (Å²) in [5.41, 5.74) is -1.89. The van der Waals surface area contributed by atoms with Crippen LogP contribution in [0.5, 0.6) is 0 Å². The molecule has 4 rings (SSSR count). The van der Waals surface area contributed by atoms with Gasteiger partial charge < -0.3 is 9.80 Å². The smallest absolute Gasteiger partial charge is 0.338 e. The number of fused-ring (bicyclic) bond motifs is 3. The van der Waals surface area contributed by atoms with Crippen LogP contribution >= 0.6 is 0 Å². The van der Waals surface area contributed by atoms with Crippen molar-refractivity contribution >= 4 is 22.5 Å². The van der Waals surface area contributed by atoms with E-state index in [9.17, 15) is 26.3 Å². The highest BCUT2D eigenvalue weighted by Crippen LogP contribution is 2.45. The molecule has 0 aliphatic carbocycles. The van der Waals surface area contributed by atoms with Crippen LogP contribution in [0, 0.1) is 5.82 Å². The van der Waals surface area contributed by atoms with Gasteiger partial charge in [0.15, 0.2) is 5.65 Å². The molecular formula is C16H14F6N6. The Balaban J connectivity index is 1.92. The van der Waals surface area contributed by atoms with Crippen LogP contribution in [0.4, 0.5) is 32.3 Å². The summed E-state index contributed by atoms with van der Waals surface area (Å²) in [7, 11) is 1.94. The average Bonchev–Trinajstić information content (AvgIpc) is 3.11. The van der Waals surface area contributed by atoms with E-state index in [0.717, 1.165) is 19.4 Å². The molecule has 0 radical (unpaired) electrons. The van der Waals surface area contributed by atoms with Crippen molar-refractivity contribution in [2.75, 3.05) is 38.1 Å². The van der Waals surface area contributed by atoms with Gasteiger partial charge in [0.1, 0.15) is 17.7 Å². The van der Waals surface area contributed by atoms with Gasteiger partial charge >= 0.3 is 12.1 Å². The summed E-state index contributed by atoms with van der Waals surface area (Å²) in [5, 5.41) is 3.72. The fourth-order valence-electron chi connectivity index (χ4n) is 3.16. The van der Waals surface area contributed by atoms with Crippen molar-refractivity contribution in [1.29, 1.82) is 0 Å². The number of piperazine rings is 1. The molecule has 12 heteroatoms. The molecule has 0 spiro atoms. The number of hydrogen-bond donors (Lipinski definition) is 0. The molecule has 3 heterocycles. The highest BCUT2D eigenvalue weighted by molar-refractivity contribution is 5.93. The number of halogens is 6. The fraction of sp³-hybridized carbons (Fsp3) is 0.438. The van der Waals surface area contributed by atoms with Gasteiger partial charge in [-0.1, -0.05) is 0 Å². The molecule has 1 aliphatic heterocycles. The Morgan fingerprint density at radius 3 is 2.32 bits per heavy atom. The lowest BCUT2D eigenvalue weighted by molar-refractivity contribution is -0.289. The monoisotopic (exact) mass is 404 g/mol. The summed E-state index contributed by atoms with van der Waals surface area (Å²) in [6.07, 6.45) is -4.74. The molecule has 150 valence electrons. The Kier molecular flexibility index (Phi) is 4.14. The summed E-state index contributed by atoms with van der Waals surface area (Å²) >= 11 is 0. The molecule has 0 bridgehead atoms. The molecule has 1 fully saturated rings. The third-order valence-electron chi connectivity index (χ3n) is 4.76. The van der Waals surface area contributed by atoms with E-state index in [4.69, 9.17) is 0 Å². The van der Waals surface area contributed by atoms with Gasteiger partial charge in [0.05, 0.1) is 0 Å². The van der Waals surface area contributed by atoms with Crippen LogP contribution in [0.25, 0.3) is 16.6 Å². The van der Waals surface area contributed by atoms with Crippen molar-refractivity contribution < 1.29 is 26.3 Å². The molecule has 28 heavy (non-hydrogen) atoms. The minimum atomic E-state index is -5.86. The average molecular weight is 404 g/mol. The Morgan fingerprint density at radius 2 is 1.68 bits per heavy atom. The van der Waals surface area contributed by atoms with Crippen LogP contribution in [0.15, 0.2) is 18.5 Å². The van der Waals surface area contributed by atoms with Crippen molar-refractivity contribution in [2.45, 2.75) is 12.1 Å². The predicted octanol–water partition coefficient (Wildman–Crippen LogP) is 2.82. The summed E-state index contributed by atoms with van der Waals surface area (Å²) in [6, 6.07) is 0.736. The summed E-state index contributed by atoms with van der Waals surface area (Å²) in [6.45, 7) is 2.57. The second-order valence-electron chi connectivity index (χ2n) is 6.62. The van der Waals surface area contributed by atoms with Crippen molar-refractivity contribution in [3.05, 3.63) is 29.8 Å². The normalized spacial score (nSPS) is 17.0. The van der Waals surface area contributed by atoms with E-state index in [1.54, 1.807) is 0 Å². The second-order valence-corrected chi connectivity index (χ2v) is 6.62. The zero-order chi connectivity index (χ0) is 20.3. The molecule has 1 aliphatic rings. The first-order valence-electron chi connectivity index (χ1n) is 8.31. The van der Waals surface area contributed by atoms with Crippen LogP contribution < -0.4 is 4.90 Å². The van der Waals surface area contributed by atoms with Crippen molar-refractivity contribution in [2.24, 2.45) is 0 Å². The number of likely N-dealkylation sites (N-methyl/N-ethyl adjacent to an activating group) is 1. The van der Waals surface area contributed by atoms with Crippen molar-refractivity contribution in [1.82, 2.24) is 24.5 Å². The molecule has 2 aromatic heterocycles. The van der Waals surface area contributed by atoms with Crippen LogP contribution in [-0.2, 0) is 5.92 Å². The first-order chi connectivity index (χ1) is 13.1. The van der Waals surface area contributed by atoms with E-state index in [1.165, 1.54) is 4.52 Å². The molecule has 0 amide bonds. The van der Waals surface area contributed by atoms with Crippen LogP contribution in [0.1, 0.15) is 5.56 Å². The largest absolute Gasteiger partial charge is 0.458 e. The van der Waals surface area contributed by atoms with Crippen LogP contribution in [0.3, 0.4) is 0 Å². The minimum Gasteiger partial charge on any atom is -0.338 e. The first-order valence-corrected chi connectivity index (χ1v) is 8.31. The quantitative estimate of drug-likeness (QED) is 0.615. The summed E-state index contributed by atoms with van der Waals surface area (Å²) in [5.74, 6) is -6.24. The Morgan fingerprint density at radius 1 is 1.00 bits per heavy atom. The number of benzene rings is 1. The first kappa shape index (κ1) is 18.7. The third-order valence-corrected chi connectivity index (χ3v) is 4.76. The molecule has 1 aromatic carbocycles. The SMILES string of the molecule is CN1CCN(c2nc3c(F)cc(C(F)(F)C(F)(F)F)cc3c3ncnn23)CC1. The number of aromatic nitrogens is 4. The number of alkyl halides is 5. The maximum absolute atomic E-state index is 14.6. The van der Waals surface area contributed by atoms with Crippen molar-refractivity contribution in [3.63, 3.8) is 0 Å². The molecule has 3 aromatic rings. The highest BCUT2D eigenvalue weighted by atomic mass is 19.4. The summed E-state index contributed by atoms with van der Waals surface area (Å²) in [4.78, 5) is 12.0. The van der Waals surface area contributed by atoms with E-state index < -0.39 is 23.5 Å². The zero-order valence-electron chi connectivity index (χ0n) is 14.5. The van der Waals surface area contributed by atoms with Gasteiger partial charge in [0, 0.05) is 37.1 Å². The van der Waals surface area contributed by atoms with E-state index in [1.807, 2.05) is 11.9 Å². The summed E-state index contributed by atoms with van der Waals surface area (Å²) < 4.78 is 81.4. The van der Waals surface area contributed by atoms with Gasteiger partial charge in [0.2, 0.25) is 5.95 Å². The Hall–Kier alpha value is -2.63. The standard InChI is InChI=1S/C16H14F6N6/c1-26-2-4-27(5-3-26)14-25-12-10(13-23-8-24-28(13)14)6-9(7-11(12)17)15(18,19)16(20,21)22/h6-8H,2-5H2,1H3. The van der Waals surface area contributed by atoms with Crippen LogP contribution in [-0.4, -0.2) is 63.9 Å². The van der Waals surface area contributed by atoms with Crippen molar-refractivity contribution in [3.8, 4) is 0 Å². The molecule has 0 atom stereocenters. The lowest BCUT2D eigenvalue weighted by Gasteiger charge is -2.33. The molecule has 0 unspecified atom stereocenters.